The molecule has 1 heterocycles. The molecule has 0 aliphatic rings. The van der Waals surface area contributed by atoms with Crippen molar-refractivity contribution in [2.24, 2.45) is 0 Å². The van der Waals surface area contributed by atoms with E-state index in [2.05, 4.69) is 20.8 Å². The van der Waals surface area contributed by atoms with E-state index in [0.29, 0.717) is 15.9 Å². The summed E-state index contributed by atoms with van der Waals surface area (Å²) in [7, 11) is 0. The zero-order valence-corrected chi connectivity index (χ0v) is 15.3. The molecule has 0 bridgehead atoms. The van der Waals surface area contributed by atoms with E-state index in [1.165, 1.54) is 16.8 Å². The van der Waals surface area contributed by atoms with Gasteiger partial charge in [0.15, 0.2) is 0 Å². The van der Waals surface area contributed by atoms with Crippen LogP contribution in [0.3, 0.4) is 0 Å². The van der Waals surface area contributed by atoms with Gasteiger partial charge < -0.3 is 5.32 Å². The molecule has 1 aromatic heterocycles. The molecule has 0 saturated carbocycles. The van der Waals surface area contributed by atoms with Crippen LogP contribution in [0.1, 0.15) is 18.5 Å². The van der Waals surface area contributed by atoms with E-state index in [1.54, 1.807) is 18.2 Å². The molecule has 0 aliphatic heterocycles. The van der Waals surface area contributed by atoms with E-state index in [4.69, 9.17) is 11.6 Å². The van der Waals surface area contributed by atoms with Gasteiger partial charge in [0.25, 0.3) is 0 Å². The number of nitrogens with zero attached hydrogens (tertiary/aromatic N) is 4. The van der Waals surface area contributed by atoms with Gasteiger partial charge in [0.1, 0.15) is 5.82 Å². The van der Waals surface area contributed by atoms with Crippen LogP contribution < -0.4 is 5.32 Å². The number of rotatable bonds is 6. The molecule has 1 amide bonds. The second-order valence-electron chi connectivity index (χ2n) is 5.45. The summed E-state index contributed by atoms with van der Waals surface area (Å²) < 4.78 is 14.8. The van der Waals surface area contributed by atoms with Crippen LogP contribution in [0.25, 0.3) is 5.69 Å². The van der Waals surface area contributed by atoms with E-state index in [9.17, 15) is 9.18 Å². The van der Waals surface area contributed by atoms with E-state index in [-0.39, 0.29) is 23.5 Å². The van der Waals surface area contributed by atoms with Crippen molar-refractivity contribution in [3.8, 4) is 5.69 Å². The molecule has 6 nitrogen and oxygen atoms in total. The van der Waals surface area contributed by atoms with E-state index < -0.39 is 0 Å². The van der Waals surface area contributed by atoms with Gasteiger partial charge in [0, 0.05) is 5.02 Å². The summed E-state index contributed by atoms with van der Waals surface area (Å²) in [6.45, 7) is 1.86. The zero-order chi connectivity index (χ0) is 18.5. The van der Waals surface area contributed by atoms with Crippen molar-refractivity contribution < 1.29 is 9.18 Å². The van der Waals surface area contributed by atoms with Crippen molar-refractivity contribution in [3.05, 3.63) is 64.9 Å². The topological polar surface area (TPSA) is 72.7 Å². The number of amides is 1. The predicted molar refractivity (Wildman–Crippen MR) is 97.8 cm³/mol. The molecule has 0 unspecified atom stereocenters. The average Bonchev–Trinajstić information content (AvgIpc) is 3.09. The summed E-state index contributed by atoms with van der Waals surface area (Å²) in [5.74, 6) is -0.457. The van der Waals surface area contributed by atoms with Crippen LogP contribution in [0.4, 0.5) is 4.39 Å². The lowest BCUT2D eigenvalue weighted by Gasteiger charge is -2.15. The van der Waals surface area contributed by atoms with Crippen molar-refractivity contribution in [2.45, 2.75) is 18.1 Å². The highest BCUT2D eigenvalue weighted by Crippen LogP contribution is 2.23. The number of aromatic nitrogens is 4. The average molecular weight is 392 g/mol. The maximum absolute atomic E-state index is 13.4. The maximum Gasteiger partial charge on any atom is 0.230 e. The van der Waals surface area contributed by atoms with Crippen molar-refractivity contribution in [2.75, 3.05) is 5.75 Å². The minimum atomic E-state index is -0.389. The van der Waals surface area contributed by atoms with Gasteiger partial charge in [-0.25, -0.2) is 4.39 Å². The third-order valence-electron chi connectivity index (χ3n) is 3.58. The first-order valence-electron chi connectivity index (χ1n) is 7.75. The second kappa shape index (κ2) is 8.29. The normalized spacial score (nSPS) is 12.0. The number of benzene rings is 2. The molecule has 3 rings (SSSR count). The van der Waals surface area contributed by atoms with Gasteiger partial charge in [0.2, 0.25) is 11.1 Å². The molecular weight excluding hydrogens is 377 g/mol. The van der Waals surface area contributed by atoms with E-state index in [1.807, 2.05) is 25.1 Å². The second-order valence-corrected chi connectivity index (χ2v) is 6.80. The molecule has 9 heteroatoms. The minimum absolute atomic E-state index is 0.116. The third kappa shape index (κ3) is 4.39. The Morgan fingerprint density at radius 1 is 1.31 bits per heavy atom. The highest BCUT2D eigenvalue weighted by atomic mass is 35.5. The Morgan fingerprint density at radius 2 is 2.12 bits per heavy atom. The van der Waals surface area contributed by atoms with Crippen molar-refractivity contribution in [1.82, 2.24) is 25.5 Å². The molecular formula is C17H15ClFN5OS. The molecule has 0 aliphatic carbocycles. The quantitative estimate of drug-likeness (QED) is 0.652. The number of halogens is 2. The fraction of sp³-hybridized carbons (Fsp3) is 0.176. The fourth-order valence-electron chi connectivity index (χ4n) is 2.36. The Hall–Kier alpha value is -2.45. The lowest BCUT2D eigenvalue weighted by molar-refractivity contribution is -0.119. The number of hydrogen-bond donors (Lipinski definition) is 1. The Kier molecular flexibility index (Phi) is 5.85. The van der Waals surface area contributed by atoms with Gasteiger partial charge in [-0.1, -0.05) is 47.6 Å². The SMILES string of the molecule is C[C@H](NC(=O)CSc1nnnn1-c1cccc(F)c1)c1ccccc1Cl. The minimum Gasteiger partial charge on any atom is -0.349 e. The monoisotopic (exact) mass is 391 g/mol. The van der Waals surface area contributed by atoms with Crippen LogP contribution >= 0.6 is 23.4 Å². The summed E-state index contributed by atoms with van der Waals surface area (Å²) in [6.07, 6.45) is 0. The van der Waals surface area contributed by atoms with Gasteiger partial charge in [-0.05, 0) is 47.2 Å². The van der Waals surface area contributed by atoms with E-state index in [0.717, 1.165) is 17.3 Å². The zero-order valence-electron chi connectivity index (χ0n) is 13.8. The van der Waals surface area contributed by atoms with Crippen LogP contribution in [0.15, 0.2) is 53.7 Å². The first-order valence-corrected chi connectivity index (χ1v) is 9.12. The first kappa shape index (κ1) is 18.3. The van der Waals surface area contributed by atoms with Crippen LogP contribution in [0.5, 0.6) is 0 Å². The Balaban J connectivity index is 1.62. The molecule has 26 heavy (non-hydrogen) atoms. The van der Waals surface area contributed by atoms with Crippen LogP contribution in [0, 0.1) is 5.82 Å². The van der Waals surface area contributed by atoms with Gasteiger partial charge in [0.05, 0.1) is 17.5 Å². The van der Waals surface area contributed by atoms with Crippen molar-refractivity contribution in [3.63, 3.8) is 0 Å². The lowest BCUT2D eigenvalue weighted by atomic mass is 10.1. The molecule has 134 valence electrons. The van der Waals surface area contributed by atoms with Crippen molar-refractivity contribution in [1.29, 1.82) is 0 Å². The standard InChI is InChI=1S/C17H15ClFN5OS/c1-11(14-7-2-3-8-15(14)18)20-16(25)10-26-17-21-22-23-24(17)13-6-4-5-12(19)9-13/h2-9,11H,10H2,1H3,(H,20,25)/t11-/m0/s1. The number of nitrogens with one attached hydrogen (secondary N) is 1. The summed E-state index contributed by atoms with van der Waals surface area (Å²) in [5.41, 5.74) is 1.33. The highest BCUT2D eigenvalue weighted by Gasteiger charge is 2.15. The molecule has 0 fully saturated rings. The summed E-state index contributed by atoms with van der Waals surface area (Å²) in [4.78, 5) is 12.2. The Labute approximate surface area is 158 Å². The number of hydrogen-bond acceptors (Lipinski definition) is 5. The number of carbonyl (C=O) groups is 1. The molecule has 0 radical (unpaired) electrons. The molecule has 0 saturated heterocycles. The lowest BCUT2D eigenvalue weighted by Crippen LogP contribution is -2.28. The molecule has 1 N–H and O–H groups in total. The Morgan fingerprint density at radius 3 is 2.88 bits per heavy atom. The van der Waals surface area contributed by atoms with Crippen LogP contribution in [-0.2, 0) is 4.79 Å². The van der Waals surface area contributed by atoms with Gasteiger partial charge in [-0.15, -0.1) is 5.10 Å². The van der Waals surface area contributed by atoms with Crippen molar-refractivity contribution >= 4 is 29.3 Å². The first-order chi connectivity index (χ1) is 12.5. The Bertz CT molecular complexity index is 919. The van der Waals surface area contributed by atoms with Gasteiger partial charge in [-0.2, -0.15) is 4.68 Å². The number of thioether (sulfide) groups is 1. The third-order valence-corrected chi connectivity index (χ3v) is 4.84. The fourth-order valence-corrected chi connectivity index (χ4v) is 3.36. The predicted octanol–water partition coefficient (Wildman–Crippen LogP) is 3.42. The molecule has 2 aromatic carbocycles. The molecule has 0 spiro atoms. The molecule has 1 atom stereocenters. The smallest absolute Gasteiger partial charge is 0.230 e. The summed E-state index contributed by atoms with van der Waals surface area (Å²) in [5, 5.41) is 15.2. The maximum atomic E-state index is 13.4. The highest BCUT2D eigenvalue weighted by molar-refractivity contribution is 7.99. The van der Waals surface area contributed by atoms with E-state index >= 15 is 0 Å². The number of tetrazole rings is 1. The van der Waals surface area contributed by atoms with Gasteiger partial charge >= 0.3 is 0 Å². The van der Waals surface area contributed by atoms with Crippen LogP contribution in [0.2, 0.25) is 5.02 Å². The molecule has 3 aromatic rings. The van der Waals surface area contributed by atoms with Crippen LogP contribution in [-0.4, -0.2) is 31.9 Å². The summed E-state index contributed by atoms with van der Waals surface area (Å²) >= 11 is 7.31. The summed E-state index contributed by atoms with van der Waals surface area (Å²) in [6, 6.07) is 13.0. The number of carbonyl (C=O) groups excluding carboxylic acids is 1. The largest absolute Gasteiger partial charge is 0.349 e. The van der Waals surface area contributed by atoms with Gasteiger partial charge in [-0.3, -0.25) is 4.79 Å².